The van der Waals surface area contributed by atoms with Crippen LogP contribution in [0.2, 0.25) is 0 Å². The van der Waals surface area contributed by atoms with Crippen LogP contribution in [0.1, 0.15) is 5.56 Å². The van der Waals surface area contributed by atoms with Crippen molar-refractivity contribution >= 4 is 22.7 Å². The zero-order valence-corrected chi connectivity index (χ0v) is 9.91. The molecule has 1 aliphatic rings. The van der Waals surface area contributed by atoms with E-state index < -0.39 is 0 Å². The Morgan fingerprint density at radius 1 is 1.35 bits per heavy atom. The molecule has 1 aromatic heterocycles. The highest BCUT2D eigenvalue weighted by Gasteiger charge is 2.22. The minimum absolute atomic E-state index is 0.466. The second-order valence-electron chi connectivity index (χ2n) is 3.91. The number of hydrogen-bond donors (Lipinski definition) is 0. The van der Waals surface area contributed by atoms with Gasteiger partial charge in [0.15, 0.2) is 0 Å². The topological polar surface area (TPSA) is 45.9 Å². The molecule has 2 heterocycles. The molecule has 0 unspecified atom stereocenters. The van der Waals surface area contributed by atoms with Crippen molar-refractivity contribution in [3.63, 3.8) is 0 Å². The van der Waals surface area contributed by atoms with E-state index in [2.05, 4.69) is 11.1 Å². The van der Waals surface area contributed by atoms with Crippen molar-refractivity contribution in [3.05, 3.63) is 36.0 Å². The van der Waals surface area contributed by atoms with E-state index >= 15 is 0 Å². The van der Waals surface area contributed by atoms with Crippen molar-refractivity contribution in [2.45, 2.75) is 10.1 Å². The molecular weight excluding hydrogens is 232 g/mol. The van der Waals surface area contributed by atoms with Crippen molar-refractivity contribution in [1.82, 2.24) is 4.98 Å². The van der Waals surface area contributed by atoms with Gasteiger partial charge in [0.05, 0.1) is 29.5 Å². The normalized spacial score (nSPS) is 15.5. The maximum absolute atomic E-state index is 9.15. The van der Waals surface area contributed by atoms with E-state index in [0.29, 0.717) is 10.8 Å². The molecule has 84 valence electrons. The highest BCUT2D eigenvalue weighted by Crippen LogP contribution is 2.35. The zero-order chi connectivity index (χ0) is 11.7. The Bertz CT molecular complexity index is 602. The Labute approximate surface area is 103 Å². The molecule has 1 fully saturated rings. The van der Waals surface area contributed by atoms with E-state index in [1.807, 2.05) is 24.3 Å². The minimum Gasteiger partial charge on any atom is -0.379 e. The largest absolute Gasteiger partial charge is 0.379 e. The number of pyridine rings is 1. The summed E-state index contributed by atoms with van der Waals surface area (Å²) in [5.74, 6) is 0. The summed E-state index contributed by atoms with van der Waals surface area (Å²) in [5, 5.41) is 10.7. The first-order valence-corrected chi connectivity index (χ1v) is 6.28. The molecule has 0 aliphatic carbocycles. The third-order valence-electron chi connectivity index (χ3n) is 2.74. The lowest BCUT2D eigenvalue weighted by molar-refractivity contribution is 0.0455. The number of aromatic nitrogens is 1. The lowest BCUT2D eigenvalue weighted by Gasteiger charge is -2.25. The summed E-state index contributed by atoms with van der Waals surface area (Å²) in [5.41, 5.74) is 1.59. The first-order valence-electron chi connectivity index (χ1n) is 5.41. The van der Waals surface area contributed by atoms with Crippen molar-refractivity contribution < 1.29 is 4.74 Å². The van der Waals surface area contributed by atoms with Crippen LogP contribution >= 0.6 is 11.8 Å². The molecule has 0 spiro atoms. The fourth-order valence-electron chi connectivity index (χ4n) is 1.77. The number of para-hydroxylation sites is 1. The van der Waals surface area contributed by atoms with Gasteiger partial charge < -0.3 is 4.74 Å². The quantitative estimate of drug-likeness (QED) is 0.812. The zero-order valence-electron chi connectivity index (χ0n) is 9.09. The molecule has 0 bridgehead atoms. The average molecular weight is 242 g/mol. The van der Waals surface area contributed by atoms with Crippen LogP contribution in [0.3, 0.4) is 0 Å². The van der Waals surface area contributed by atoms with Gasteiger partial charge in [-0.3, -0.25) is 4.98 Å². The lowest BCUT2D eigenvalue weighted by Crippen LogP contribution is -2.30. The molecule has 2 aromatic rings. The van der Waals surface area contributed by atoms with Crippen LogP contribution in [0.5, 0.6) is 0 Å². The Balaban J connectivity index is 2.13. The first-order chi connectivity index (χ1) is 8.38. The van der Waals surface area contributed by atoms with Crippen LogP contribution in [0, 0.1) is 11.3 Å². The van der Waals surface area contributed by atoms with E-state index in [-0.39, 0.29) is 0 Å². The molecular formula is C13H10N2OS. The maximum Gasteiger partial charge on any atom is 0.102 e. The van der Waals surface area contributed by atoms with Gasteiger partial charge in [-0.05, 0) is 6.07 Å². The summed E-state index contributed by atoms with van der Waals surface area (Å²) < 4.78 is 5.17. The molecule has 1 aromatic carbocycles. The van der Waals surface area contributed by atoms with Gasteiger partial charge in [0.1, 0.15) is 6.07 Å². The third-order valence-corrected chi connectivity index (χ3v) is 4.02. The third kappa shape index (κ3) is 1.88. The van der Waals surface area contributed by atoms with Crippen molar-refractivity contribution in [3.8, 4) is 6.07 Å². The number of nitriles is 1. The maximum atomic E-state index is 9.15. The highest BCUT2D eigenvalue weighted by molar-refractivity contribution is 8.00. The summed E-state index contributed by atoms with van der Waals surface area (Å²) in [6.07, 6.45) is 1.66. The highest BCUT2D eigenvalue weighted by atomic mass is 32.2. The molecule has 17 heavy (non-hydrogen) atoms. The number of thioether (sulfide) groups is 1. The molecule has 3 nitrogen and oxygen atoms in total. The summed E-state index contributed by atoms with van der Waals surface area (Å²) in [4.78, 5) is 5.33. The van der Waals surface area contributed by atoms with Gasteiger partial charge in [0.25, 0.3) is 0 Å². The van der Waals surface area contributed by atoms with Gasteiger partial charge in [-0.1, -0.05) is 18.2 Å². The van der Waals surface area contributed by atoms with Crippen LogP contribution in [0.4, 0.5) is 0 Å². The number of ether oxygens (including phenoxy) is 1. The van der Waals surface area contributed by atoms with Gasteiger partial charge in [-0.25, -0.2) is 0 Å². The predicted molar refractivity (Wildman–Crippen MR) is 66.9 cm³/mol. The molecule has 3 rings (SSSR count). The summed E-state index contributed by atoms with van der Waals surface area (Å²) in [6, 6.07) is 10.1. The fourth-order valence-corrected chi connectivity index (χ4v) is 2.96. The number of hydrogen-bond acceptors (Lipinski definition) is 4. The molecule has 1 aliphatic heterocycles. The second kappa shape index (κ2) is 4.36. The van der Waals surface area contributed by atoms with E-state index in [1.165, 1.54) is 0 Å². The van der Waals surface area contributed by atoms with Crippen LogP contribution < -0.4 is 0 Å². The molecule has 0 atom stereocenters. The SMILES string of the molecule is N#Cc1cnc2ccccc2c1SC1COC1. The van der Waals surface area contributed by atoms with Crippen LogP contribution in [0.15, 0.2) is 35.4 Å². The van der Waals surface area contributed by atoms with E-state index in [9.17, 15) is 0 Å². The predicted octanol–water partition coefficient (Wildman–Crippen LogP) is 2.60. The Morgan fingerprint density at radius 3 is 2.88 bits per heavy atom. The smallest absolute Gasteiger partial charge is 0.102 e. The molecule has 4 heteroatoms. The van der Waals surface area contributed by atoms with E-state index in [4.69, 9.17) is 10.00 Å². The van der Waals surface area contributed by atoms with Crippen molar-refractivity contribution in [2.75, 3.05) is 13.2 Å². The minimum atomic E-state index is 0.466. The monoisotopic (exact) mass is 242 g/mol. The molecule has 0 radical (unpaired) electrons. The van der Waals surface area contributed by atoms with Gasteiger partial charge in [-0.2, -0.15) is 5.26 Å². The number of fused-ring (bicyclic) bond motifs is 1. The molecule has 0 saturated carbocycles. The Hall–Kier alpha value is -1.57. The van der Waals surface area contributed by atoms with E-state index in [0.717, 1.165) is 29.0 Å². The van der Waals surface area contributed by atoms with Crippen molar-refractivity contribution in [1.29, 1.82) is 5.26 Å². The summed E-state index contributed by atoms with van der Waals surface area (Å²) >= 11 is 1.72. The van der Waals surface area contributed by atoms with Crippen LogP contribution in [-0.2, 0) is 4.74 Å². The average Bonchev–Trinajstić information content (AvgIpc) is 2.33. The Kier molecular flexibility index (Phi) is 2.71. The number of benzene rings is 1. The fraction of sp³-hybridized carbons (Fsp3) is 0.231. The molecule has 1 saturated heterocycles. The number of rotatable bonds is 2. The standard InChI is InChI=1S/C13H10N2OS/c14-5-9-6-15-12-4-2-1-3-11(12)13(9)17-10-7-16-8-10/h1-4,6,10H,7-8H2. The summed E-state index contributed by atoms with van der Waals surface area (Å²) in [7, 11) is 0. The van der Waals surface area contributed by atoms with Crippen LogP contribution in [0.25, 0.3) is 10.9 Å². The van der Waals surface area contributed by atoms with Crippen molar-refractivity contribution in [2.24, 2.45) is 0 Å². The lowest BCUT2D eigenvalue weighted by atomic mass is 10.2. The molecule has 0 N–H and O–H groups in total. The second-order valence-corrected chi connectivity index (χ2v) is 5.22. The molecule has 0 amide bonds. The van der Waals surface area contributed by atoms with Crippen LogP contribution in [-0.4, -0.2) is 23.4 Å². The summed E-state index contributed by atoms with van der Waals surface area (Å²) in [6.45, 7) is 1.54. The van der Waals surface area contributed by atoms with Gasteiger partial charge in [-0.15, -0.1) is 11.8 Å². The van der Waals surface area contributed by atoms with Gasteiger partial charge in [0, 0.05) is 16.5 Å². The Morgan fingerprint density at radius 2 is 2.18 bits per heavy atom. The van der Waals surface area contributed by atoms with E-state index in [1.54, 1.807) is 18.0 Å². The first kappa shape index (κ1) is 10.6. The van der Waals surface area contributed by atoms with Gasteiger partial charge >= 0.3 is 0 Å². The van der Waals surface area contributed by atoms with Gasteiger partial charge in [0.2, 0.25) is 0 Å². The number of nitrogens with zero attached hydrogens (tertiary/aromatic N) is 2.